The Morgan fingerprint density at radius 2 is 1.67 bits per heavy atom. The maximum Gasteiger partial charge on any atom is 0.449 e. The molecule has 0 saturated heterocycles. The van der Waals surface area contributed by atoms with Crippen molar-refractivity contribution >= 4 is 40.4 Å². The molecule has 4 aromatic carbocycles. The minimum Gasteiger partial charge on any atom is -0.455 e. The van der Waals surface area contributed by atoms with Gasteiger partial charge >= 0.3 is 6.18 Å². The molecule has 216 valence electrons. The van der Waals surface area contributed by atoms with Gasteiger partial charge in [0.15, 0.2) is 0 Å². The monoisotopic (exact) mass is 606 g/mol. The molecule has 0 aliphatic heterocycles. The molecule has 42 heavy (non-hydrogen) atoms. The number of carbonyl (C=O) groups excluding carboxylic acids is 1. The second kappa shape index (κ2) is 13.1. The van der Waals surface area contributed by atoms with Gasteiger partial charge in [0.1, 0.15) is 5.76 Å². The van der Waals surface area contributed by atoms with Crippen LogP contribution in [0.15, 0.2) is 111 Å². The Balaban J connectivity index is 1.39. The van der Waals surface area contributed by atoms with Gasteiger partial charge in [0.2, 0.25) is 11.7 Å². The van der Waals surface area contributed by atoms with E-state index in [9.17, 15) is 18.0 Å². The number of thioether (sulfide) groups is 1. The second-order valence-corrected chi connectivity index (χ2v) is 11.9. The van der Waals surface area contributed by atoms with Crippen LogP contribution in [0.5, 0.6) is 0 Å². The van der Waals surface area contributed by atoms with Crippen molar-refractivity contribution in [1.82, 2.24) is 9.62 Å². The zero-order valence-corrected chi connectivity index (χ0v) is 24.7. The summed E-state index contributed by atoms with van der Waals surface area (Å²) in [6.07, 6.45) is -4.53. The molecule has 0 atom stereocenters. The minimum absolute atomic E-state index is 0.0277. The molecule has 5 rings (SSSR count). The van der Waals surface area contributed by atoms with Crippen molar-refractivity contribution in [3.63, 3.8) is 0 Å². The van der Waals surface area contributed by atoms with Gasteiger partial charge in [0.05, 0.1) is 12.3 Å². The quantitative estimate of drug-likeness (QED) is 0.127. The number of aryl methyl sites for hydroxylation is 1. The molecule has 0 aliphatic carbocycles. The smallest absolute Gasteiger partial charge is 0.449 e. The molecule has 0 spiro atoms. The number of amides is 1. The second-order valence-electron chi connectivity index (χ2n) is 9.77. The lowest BCUT2D eigenvalue weighted by Gasteiger charge is -2.22. The lowest BCUT2D eigenvalue weighted by Crippen LogP contribution is -2.19. The van der Waals surface area contributed by atoms with Gasteiger partial charge in [-0.3, -0.25) is 4.79 Å². The van der Waals surface area contributed by atoms with Crippen molar-refractivity contribution < 1.29 is 22.4 Å². The fraction of sp³-hybridized carbons (Fsp3) is 0.182. The fourth-order valence-electron chi connectivity index (χ4n) is 4.50. The van der Waals surface area contributed by atoms with Crippen LogP contribution in [-0.4, -0.2) is 23.0 Å². The van der Waals surface area contributed by atoms with Gasteiger partial charge in [-0.05, 0) is 76.2 Å². The van der Waals surface area contributed by atoms with Crippen molar-refractivity contribution in [2.24, 2.45) is 0 Å². The van der Waals surface area contributed by atoms with E-state index < -0.39 is 11.9 Å². The largest absolute Gasteiger partial charge is 0.455 e. The number of hydrogen-bond acceptors (Lipinski definition) is 5. The summed E-state index contributed by atoms with van der Waals surface area (Å²) in [5, 5.41) is 4.82. The van der Waals surface area contributed by atoms with E-state index in [0.717, 1.165) is 48.9 Å². The number of fused-ring (bicyclic) bond motifs is 1. The van der Waals surface area contributed by atoms with Crippen LogP contribution < -0.4 is 5.32 Å². The number of rotatable bonds is 10. The Morgan fingerprint density at radius 1 is 0.881 bits per heavy atom. The van der Waals surface area contributed by atoms with Crippen LogP contribution >= 0.6 is 23.7 Å². The number of hydrogen-bond donors (Lipinski definition) is 1. The van der Waals surface area contributed by atoms with Crippen molar-refractivity contribution in [2.45, 2.75) is 36.0 Å². The number of nitrogens with zero attached hydrogens (tertiary/aromatic N) is 1. The Labute approximate surface area is 251 Å². The molecule has 9 heteroatoms. The zero-order chi connectivity index (χ0) is 29.7. The van der Waals surface area contributed by atoms with E-state index in [1.807, 2.05) is 65.8 Å². The summed E-state index contributed by atoms with van der Waals surface area (Å²) in [5.74, 6) is -0.429. The highest BCUT2D eigenvalue weighted by atomic mass is 32.2. The van der Waals surface area contributed by atoms with Gasteiger partial charge in [-0.25, -0.2) is 4.31 Å². The molecule has 1 N–H and O–H groups in total. The van der Waals surface area contributed by atoms with E-state index in [1.165, 1.54) is 29.8 Å². The Hall–Kier alpha value is -3.66. The number of nitrogens with one attached hydrogen (secondary N) is 1. The normalized spacial score (nSPS) is 11.8. The van der Waals surface area contributed by atoms with Crippen LogP contribution in [0.3, 0.4) is 0 Å². The van der Waals surface area contributed by atoms with Crippen molar-refractivity contribution in [3.05, 3.63) is 120 Å². The van der Waals surface area contributed by atoms with Crippen LogP contribution in [0.1, 0.15) is 22.6 Å². The standard InChI is InChI=1S/C33H29F3N2O2S2/c1-22-10-13-25-6-3-4-9-29(25)32(22)42-38(20-27-16-17-30(40-27)33(34,35)36)19-23-11-14-24(15-12-23)26-7-5-8-28(18-26)41-21-31(39)37-2/h3-18H,19-21H2,1-2H3,(H,37,39). The van der Waals surface area contributed by atoms with E-state index in [2.05, 4.69) is 35.6 Å². The first kappa shape index (κ1) is 29.8. The van der Waals surface area contributed by atoms with E-state index in [1.54, 1.807) is 7.05 Å². The zero-order valence-electron chi connectivity index (χ0n) is 23.1. The Kier molecular flexibility index (Phi) is 9.30. The number of halogens is 3. The van der Waals surface area contributed by atoms with Gasteiger partial charge in [-0.2, -0.15) is 13.2 Å². The van der Waals surface area contributed by atoms with E-state index in [0.29, 0.717) is 12.3 Å². The van der Waals surface area contributed by atoms with E-state index in [-0.39, 0.29) is 18.2 Å². The third-order valence-corrected chi connectivity index (χ3v) is 8.93. The van der Waals surface area contributed by atoms with Crippen molar-refractivity contribution in [2.75, 3.05) is 12.8 Å². The molecule has 0 radical (unpaired) electrons. The number of benzene rings is 4. The Morgan fingerprint density at radius 3 is 2.40 bits per heavy atom. The fourth-order valence-corrected chi connectivity index (χ4v) is 6.49. The molecule has 0 fully saturated rings. The van der Waals surface area contributed by atoms with Crippen molar-refractivity contribution in [1.29, 1.82) is 0 Å². The van der Waals surface area contributed by atoms with E-state index >= 15 is 0 Å². The highest BCUT2D eigenvalue weighted by Gasteiger charge is 2.35. The van der Waals surface area contributed by atoms with Crippen LogP contribution in [0.4, 0.5) is 13.2 Å². The lowest BCUT2D eigenvalue weighted by atomic mass is 10.0. The third-order valence-electron chi connectivity index (χ3n) is 6.70. The highest BCUT2D eigenvalue weighted by molar-refractivity contribution is 8.00. The van der Waals surface area contributed by atoms with Gasteiger partial charge < -0.3 is 9.73 Å². The van der Waals surface area contributed by atoms with Crippen molar-refractivity contribution in [3.8, 4) is 11.1 Å². The minimum atomic E-state index is -4.53. The molecule has 1 heterocycles. The van der Waals surface area contributed by atoms with Gasteiger partial charge in [0.25, 0.3) is 0 Å². The average Bonchev–Trinajstić information content (AvgIpc) is 3.47. The number of carbonyl (C=O) groups is 1. The molecule has 0 bridgehead atoms. The molecule has 0 saturated carbocycles. The van der Waals surface area contributed by atoms with Gasteiger partial charge in [-0.15, -0.1) is 11.8 Å². The first-order valence-corrected chi connectivity index (χ1v) is 15.1. The van der Waals surface area contributed by atoms with Gasteiger partial charge in [0, 0.05) is 23.4 Å². The van der Waals surface area contributed by atoms with Crippen LogP contribution in [0, 0.1) is 6.92 Å². The molecule has 1 amide bonds. The number of furan rings is 1. The third kappa shape index (κ3) is 7.40. The van der Waals surface area contributed by atoms with Crippen LogP contribution in [0.25, 0.3) is 21.9 Å². The van der Waals surface area contributed by atoms with Crippen LogP contribution in [0.2, 0.25) is 0 Å². The lowest BCUT2D eigenvalue weighted by molar-refractivity contribution is -0.153. The summed E-state index contributed by atoms with van der Waals surface area (Å²) in [7, 11) is 1.62. The predicted octanol–water partition coefficient (Wildman–Crippen LogP) is 8.97. The Bertz CT molecular complexity index is 1680. The maximum atomic E-state index is 13.2. The molecule has 0 aliphatic rings. The summed E-state index contributed by atoms with van der Waals surface area (Å²) in [6.45, 7) is 2.71. The van der Waals surface area contributed by atoms with Gasteiger partial charge in [-0.1, -0.05) is 72.8 Å². The first-order valence-electron chi connectivity index (χ1n) is 13.3. The summed E-state index contributed by atoms with van der Waals surface area (Å²) in [6, 6.07) is 30.8. The molecular formula is C33H29F3N2O2S2. The number of alkyl halides is 3. The topological polar surface area (TPSA) is 45.5 Å². The molecule has 1 aromatic heterocycles. The SMILES string of the molecule is CNC(=O)CSc1cccc(-c2ccc(CN(Cc3ccc(C(F)(F)F)o3)Sc3c(C)ccc4ccccc34)cc2)c1. The van der Waals surface area contributed by atoms with E-state index in [4.69, 9.17) is 4.42 Å². The highest BCUT2D eigenvalue weighted by Crippen LogP contribution is 2.37. The molecular weight excluding hydrogens is 578 g/mol. The predicted molar refractivity (Wildman–Crippen MR) is 164 cm³/mol. The average molecular weight is 607 g/mol. The molecule has 4 nitrogen and oxygen atoms in total. The maximum absolute atomic E-state index is 13.2. The summed E-state index contributed by atoms with van der Waals surface area (Å²) in [4.78, 5) is 13.7. The summed E-state index contributed by atoms with van der Waals surface area (Å²) in [5.41, 5.74) is 4.17. The molecule has 5 aromatic rings. The summed E-state index contributed by atoms with van der Waals surface area (Å²) < 4.78 is 46.9. The first-order chi connectivity index (χ1) is 20.2. The van der Waals surface area contributed by atoms with Crippen LogP contribution in [-0.2, 0) is 24.1 Å². The molecule has 0 unspecified atom stereocenters. The summed E-state index contributed by atoms with van der Waals surface area (Å²) >= 11 is 3.00.